The Morgan fingerprint density at radius 2 is 1.42 bits per heavy atom. The van der Waals surface area contributed by atoms with Gasteiger partial charge in [-0.3, -0.25) is 0 Å². The molecule has 0 aromatic heterocycles. The van der Waals surface area contributed by atoms with Crippen LogP contribution < -0.4 is 0 Å². The summed E-state index contributed by atoms with van der Waals surface area (Å²) < 4.78 is 41.4. The average Bonchev–Trinajstić information content (AvgIpc) is 2.60. The summed E-state index contributed by atoms with van der Waals surface area (Å²) in [5, 5.41) is 0. The molecule has 0 bridgehead atoms. The van der Waals surface area contributed by atoms with Crippen LogP contribution in [-0.4, -0.2) is 0 Å². The number of aryl methyl sites for hydroxylation is 1. The summed E-state index contributed by atoms with van der Waals surface area (Å²) >= 11 is 0. The average molecular weight is 334 g/mol. The van der Waals surface area contributed by atoms with Gasteiger partial charge in [-0.15, -0.1) is 0 Å². The molecule has 0 fully saturated rings. The van der Waals surface area contributed by atoms with Crippen LogP contribution in [0.5, 0.6) is 0 Å². The molecule has 2 aromatic carbocycles. The molecule has 0 spiro atoms. The van der Waals surface area contributed by atoms with Gasteiger partial charge >= 0.3 is 0 Å². The molecule has 0 unspecified atom stereocenters. The second-order valence-corrected chi connectivity index (χ2v) is 6.37. The summed E-state index contributed by atoms with van der Waals surface area (Å²) in [4.78, 5) is 0. The van der Waals surface area contributed by atoms with Crippen LogP contribution >= 0.6 is 0 Å². The SMILES string of the molecule is CCCCCCCCc1ccc(-c2cc(F)c(C)c(F)c2F)cc1. The summed E-state index contributed by atoms with van der Waals surface area (Å²) in [5.74, 6) is -2.82. The highest BCUT2D eigenvalue weighted by Gasteiger charge is 2.16. The van der Waals surface area contributed by atoms with Crippen molar-refractivity contribution in [2.75, 3.05) is 0 Å². The number of hydrogen-bond acceptors (Lipinski definition) is 0. The number of benzene rings is 2. The Labute approximate surface area is 142 Å². The van der Waals surface area contributed by atoms with E-state index in [1.165, 1.54) is 44.6 Å². The Morgan fingerprint density at radius 1 is 0.792 bits per heavy atom. The van der Waals surface area contributed by atoms with Crippen LogP contribution in [0.15, 0.2) is 30.3 Å². The zero-order valence-electron chi connectivity index (χ0n) is 14.5. The van der Waals surface area contributed by atoms with Gasteiger partial charge in [-0.25, -0.2) is 13.2 Å². The molecule has 0 amide bonds. The maximum Gasteiger partial charge on any atom is 0.167 e. The number of halogens is 3. The van der Waals surface area contributed by atoms with E-state index in [9.17, 15) is 13.2 Å². The molecule has 130 valence electrons. The van der Waals surface area contributed by atoms with Crippen LogP contribution in [-0.2, 0) is 6.42 Å². The summed E-state index contributed by atoms with van der Waals surface area (Å²) in [6.07, 6.45) is 8.42. The third-order valence-electron chi connectivity index (χ3n) is 4.47. The van der Waals surface area contributed by atoms with Gasteiger partial charge in [-0.1, -0.05) is 63.3 Å². The Morgan fingerprint density at radius 3 is 2.08 bits per heavy atom. The van der Waals surface area contributed by atoms with E-state index < -0.39 is 17.5 Å². The van der Waals surface area contributed by atoms with E-state index in [0.717, 1.165) is 18.9 Å². The summed E-state index contributed by atoms with van der Waals surface area (Å²) in [5.41, 5.74) is 1.36. The van der Waals surface area contributed by atoms with E-state index in [2.05, 4.69) is 6.92 Å². The third-order valence-corrected chi connectivity index (χ3v) is 4.47. The maximum atomic E-state index is 14.0. The van der Waals surface area contributed by atoms with Crippen LogP contribution in [0.25, 0.3) is 11.1 Å². The van der Waals surface area contributed by atoms with Crippen molar-refractivity contribution >= 4 is 0 Å². The molecule has 0 heterocycles. The molecule has 0 nitrogen and oxygen atoms in total. The lowest BCUT2D eigenvalue weighted by Gasteiger charge is -2.09. The molecule has 24 heavy (non-hydrogen) atoms. The lowest BCUT2D eigenvalue weighted by molar-refractivity contribution is 0.489. The predicted octanol–water partition coefficient (Wildman–Crippen LogP) is 6.98. The van der Waals surface area contributed by atoms with Gasteiger partial charge in [-0.05, 0) is 37.0 Å². The topological polar surface area (TPSA) is 0 Å². The molecule has 0 aliphatic rings. The molecule has 0 radical (unpaired) electrons. The molecule has 0 atom stereocenters. The van der Waals surface area contributed by atoms with Gasteiger partial charge in [-0.2, -0.15) is 0 Å². The van der Waals surface area contributed by atoms with Crippen LogP contribution in [0.3, 0.4) is 0 Å². The van der Waals surface area contributed by atoms with E-state index >= 15 is 0 Å². The van der Waals surface area contributed by atoms with E-state index in [0.29, 0.717) is 5.56 Å². The second kappa shape index (κ2) is 8.91. The molecule has 2 rings (SSSR count). The van der Waals surface area contributed by atoms with Crippen molar-refractivity contribution in [3.63, 3.8) is 0 Å². The van der Waals surface area contributed by atoms with Gasteiger partial charge in [0.1, 0.15) is 5.82 Å². The third kappa shape index (κ3) is 4.62. The largest absolute Gasteiger partial charge is 0.207 e. The first-order valence-corrected chi connectivity index (χ1v) is 8.78. The fraction of sp³-hybridized carbons (Fsp3) is 0.429. The van der Waals surface area contributed by atoms with Crippen LogP contribution in [0.2, 0.25) is 0 Å². The summed E-state index contributed by atoms with van der Waals surface area (Å²) in [7, 11) is 0. The first-order chi connectivity index (χ1) is 11.5. The highest BCUT2D eigenvalue weighted by molar-refractivity contribution is 5.65. The molecular formula is C21H25F3. The fourth-order valence-electron chi connectivity index (χ4n) is 2.86. The smallest absolute Gasteiger partial charge is 0.167 e. The van der Waals surface area contributed by atoms with Gasteiger partial charge in [0.05, 0.1) is 0 Å². The van der Waals surface area contributed by atoms with E-state index in [1.807, 2.05) is 12.1 Å². The molecule has 0 saturated heterocycles. The highest BCUT2D eigenvalue weighted by Crippen LogP contribution is 2.28. The Bertz CT molecular complexity index is 660. The first-order valence-electron chi connectivity index (χ1n) is 8.78. The van der Waals surface area contributed by atoms with Gasteiger partial charge in [0.15, 0.2) is 11.6 Å². The summed E-state index contributed by atoms with van der Waals surface area (Å²) in [6, 6.07) is 8.36. The van der Waals surface area contributed by atoms with Gasteiger partial charge in [0.2, 0.25) is 0 Å². The molecule has 3 heteroatoms. The normalized spacial score (nSPS) is 11.0. The molecule has 2 aromatic rings. The minimum Gasteiger partial charge on any atom is -0.207 e. The minimum atomic E-state index is -1.11. The lowest BCUT2D eigenvalue weighted by atomic mass is 9.99. The fourth-order valence-corrected chi connectivity index (χ4v) is 2.86. The van der Waals surface area contributed by atoms with Crippen molar-refractivity contribution in [3.05, 3.63) is 58.9 Å². The zero-order chi connectivity index (χ0) is 17.5. The van der Waals surface area contributed by atoms with Crippen LogP contribution in [0.4, 0.5) is 13.2 Å². The van der Waals surface area contributed by atoms with Gasteiger partial charge in [0.25, 0.3) is 0 Å². The number of rotatable bonds is 8. The second-order valence-electron chi connectivity index (χ2n) is 6.37. The van der Waals surface area contributed by atoms with Crippen LogP contribution in [0.1, 0.15) is 56.6 Å². The van der Waals surface area contributed by atoms with E-state index in [1.54, 1.807) is 12.1 Å². The number of unbranched alkanes of at least 4 members (excludes halogenated alkanes) is 5. The summed E-state index contributed by atoms with van der Waals surface area (Å²) in [6.45, 7) is 3.44. The van der Waals surface area contributed by atoms with Crippen molar-refractivity contribution in [3.8, 4) is 11.1 Å². The van der Waals surface area contributed by atoms with Crippen molar-refractivity contribution in [2.45, 2.75) is 58.8 Å². The predicted molar refractivity (Wildman–Crippen MR) is 93.6 cm³/mol. The quantitative estimate of drug-likeness (QED) is 0.361. The Hall–Kier alpha value is -1.77. The Kier molecular flexibility index (Phi) is 6.89. The lowest BCUT2D eigenvalue weighted by Crippen LogP contribution is -1.97. The molecule has 0 N–H and O–H groups in total. The first kappa shape index (κ1) is 18.6. The Balaban J connectivity index is 2.00. The van der Waals surface area contributed by atoms with Gasteiger partial charge < -0.3 is 0 Å². The highest BCUT2D eigenvalue weighted by atomic mass is 19.2. The van der Waals surface area contributed by atoms with E-state index in [-0.39, 0.29) is 11.1 Å². The van der Waals surface area contributed by atoms with Crippen LogP contribution in [0, 0.1) is 24.4 Å². The molecule has 0 aliphatic heterocycles. The maximum absolute atomic E-state index is 14.0. The minimum absolute atomic E-state index is 0.0262. The molecule has 0 aliphatic carbocycles. The van der Waals surface area contributed by atoms with Gasteiger partial charge in [0, 0.05) is 11.1 Å². The zero-order valence-corrected chi connectivity index (χ0v) is 14.5. The van der Waals surface area contributed by atoms with Crippen molar-refractivity contribution in [1.29, 1.82) is 0 Å². The standard InChI is InChI=1S/C21H25F3/c1-3-4-5-6-7-8-9-16-10-12-17(13-11-16)18-14-19(22)15(2)20(23)21(18)24/h10-14H,3-9H2,1-2H3. The number of hydrogen-bond donors (Lipinski definition) is 0. The van der Waals surface area contributed by atoms with Crippen molar-refractivity contribution < 1.29 is 13.2 Å². The van der Waals surface area contributed by atoms with Crippen molar-refractivity contribution in [2.24, 2.45) is 0 Å². The molecular weight excluding hydrogens is 309 g/mol. The van der Waals surface area contributed by atoms with E-state index in [4.69, 9.17) is 0 Å². The molecule has 0 saturated carbocycles. The van der Waals surface area contributed by atoms with Crippen molar-refractivity contribution in [1.82, 2.24) is 0 Å². The monoisotopic (exact) mass is 334 g/mol.